The number of likely N-dealkylation sites (N-methyl/N-ethyl adjacent to an activating group) is 1. The van der Waals surface area contributed by atoms with E-state index in [9.17, 15) is 5.26 Å². The largest absolute Gasteiger partial charge is 0.456 e. The fraction of sp³-hybridized carbons (Fsp3) is 0.321. The molecule has 0 saturated carbocycles. The summed E-state index contributed by atoms with van der Waals surface area (Å²) in [7, 11) is 1.96. The zero-order valence-electron chi connectivity index (χ0n) is 19.3. The standard InChI is InChI=1S/C26H25N3O.C2H6/c1-28-14-11-24(22(17-27)18-28)26-10-9-25(30-26)21-6-5-20-16-23(8-7-19(20)15-21)29-12-3-2-4-13-29;1-2/h5-11,14-16H,2-4,12-13,18H2,1H3;1-2H3. The topological polar surface area (TPSA) is 43.4 Å². The van der Waals surface area contributed by atoms with Crippen LogP contribution in [-0.4, -0.2) is 31.6 Å². The molecule has 4 nitrogen and oxygen atoms in total. The van der Waals surface area contributed by atoms with E-state index >= 15 is 0 Å². The van der Waals surface area contributed by atoms with Gasteiger partial charge < -0.3 is 14.2 Å². The monoisotopic (exact) mass is 425 g/mol. The molecule has 2 aliphatic heterocycles. The summed E-state index contributed by atoms with van der Waals surface area (Å²) in [6.45, 7) is 6.92. The van der Waals surface area contributed by atoms with Gasteiger partial charge >= 0.3 is 0 Å². The quantitative estimate of drug-likeness (QED) is 0.460. The molecular weight excluding hydrogens is 394 g/mol. The van der Waals surface area contributed by atoms with Gasteiger partial charge in [0.15, 0.2) is 0 Å². The molecule has 3 aromatic rings. The number of anilines is 1. The second-order valence-electron chi connectivity index (χ2n) is 8.19. The Balaban J connectivity index is 0.00000119. The lowest BCUT2D eigenvalue weighted by Crippen LogP contribution is -2.29. The second-order valence-corrected chi connectivity index (χ2v) is 8.19. The van der Waals surface area contributed by atoms with Gasteiger partial charge in [-0.2, -0.15) is 5.26 Å². The van der Waals surface area contributed by atoms with Gasteiger partial charge in [0.1, 0.15) is 11.5 Å². The molecule has 1 aromatic heterocycles. The van der Waals surface area contributed by atoms with E-state index in [-0.39, 0.29) is 0 Å². The van der Waals surface area contributed by atoms with E-state index < -0.39 is 0 Å². The number of nitrogens with zero attached hydrogens (tertiary/aromatic N) is 3. The SMILES string of the molecule is CC.CN1C=CC(c2ccc(-c3ccc4cc(N5CCCCC5)ccc4c3)o2)=C(C#N)C1. The molecule has 0 spiro atoms. The van der Waals surface area contributed by atoms with Crippen LogP contribution in [0.15, 0.2) is 70.8 Å². The minimum atomic E-state index is 0.605. The van der Waals surface area contributed by atoms with E-state index in [1.165, 1.54) is 35.7 Å². The van der Waals surface area contributed by atoms with E-state index in [1.54, 1.807) is 0 Å². The number of hydrogen-bond acceptors (Lipinski definition) is 4. The Hall–Kier alpha value is -3.45. The molecule has 1 fully saturated rings. The third kappa shape index (κ3) is 4.43. The fourth-order valence-electron chi connectivity index (χ4n) is 4.39. The molecule has 0 bridgehead atoms. The van der Waals surface area contributed by atoms with Crippen LogP contribution in [0.4, 0.5) is 5.69 Å². The number of hydrogen-bond donors (Lipinski definition) is 0. The average molecular weight is 426 g/mol. The molecule has 0 amide bonds. The zero-order chi connectivity index (χ0) is 22.5. The zero-order valence-corrected chi connectivity index (χ0v) is 19.3. The molecule has 4 heteroatoms. The van der Waals surface area contributed by atoms with Crippen LogP contribution in [0.5, 0.6) is 0 Å². The van der Waals surface area contributed by atoms with E-state index in [0.717, 1.165) is 41.3 Å². The van der Waals surface area contributed by atoms with Crippen molar-refractivity contribution < 1.29 is 4.42 Å². The third-order valence-electron chi connectivity index (χ3n) is 6.06. The summed E-state index contributed by atoms with van der Waals surface area (Å²) >= 11 is 0. The van der Waals surface area contributed by atoms with Crippen LogP contribution in [0.1, 0.15) is 38.9 Å². The maximum Gasteiger partial charge on any atom is 0.135 e. The highest BCUT2D eigenvalue weighted by atomic mass is 16.3. The highest BCUT2D eigenvalue weighted by molar-refractivity contribution is 5.89. The van der Waals surface area contributed by atoms with Gasteiger partial charge in [0.25, 0.3) is 0 Å². The first kappa shape index (κ1) is 21.8. The molecule has 0 aliphatic carbocycles. The molecule has 0 unspecified atom stereocenters. The first-order valence-electron chi connectivity index (χ1n) is 11.6. The van der Waals surface area contributed by atoms with Crippen molar-refractivity contribution in [2.24, 2.45) is 0 Å². The molecule has 32 heavy (non-hydrogen) atoms. The molecule has 2 aliphatic rings. The third-order valence-corrected chi connectivity index (χ3v) is 6.06. The number of benzene rings is 2. The number of fused-ring (bicyclic) bond motifs is 1. The maximum absolute atomic E-state index is 9.49. The Kier molecular flexibility index (Phi) is 6.66. The molecule has 1 saturated heterocycles. The Labute approximate surface area is 191 Å². The van der Waals surface area contributed by atoms with Crippen molar-refractivity contribution >= 4 is 22.0 Å². The molecule has 164 valence electrons. The van der Waals surface area contributed by atoms with Gasteiger partial charge in [0, 0.05) is 37.0 Å². The minimum absolute atomic E-state index is 0.605. The summed E-state index contributed by atoms with van der Waals surface area (Å²) in [4.78, 5) is 4.48. The number of allylic oxidation sites excluding steroid dienone is 2. The van der Waals surface area contributed by atoms with Crippen molar-refractivity contribution in [1.29, 1.82) is 5.26 Å². The van der Waals surface area contributed by atoms with E-state index in [4.69, 9.17) is 4.42 Å². The lowest BCUT2D eigenvalue weighted by Gasteiger charge is -2.29. The Morgan fingerprint density at radius 1 is 0.875 bits per heavy atom. The predicted octanol–water partition coefficient (Wildman–Crippen LogP) is 6.85. The van der Waals surface area contributed by atoms with Gasteiger partial charge in [-0.3, -0.25) is 0 Å². The normalized spacial score (nSPS) is 16.1. The summed E-state index contributed by atoms with van der Waals surface area (Å²) in [6, 6.07) is 19.5. The van der Waals surface area contributed by atoms with Crippen LogP contribution in [0.2, 0.25) is 0 Å². The van der Waals surface area contributed by atoms with Crippen LogP contribution < -0.4 is 4.90 Å². The van der Waals surface area contributed by atoms with Crippen LogP contribution in [0.3, 0.4) is 0 Å². The highest BCUT2D eigenvalue weighted by Crippen LogP contribution is 2.32. The summed E-state index contributed by atoms with van der Waals surface area (Å²) < 4.78 is 6.16. The number of furan rings is 1. The van der Waals surface area contributed by atoms with Gasteiger partial charge in [-0.1, -0.05) is 32.0 Å². The highest BCUT2D eigenvalue weighted by Gasteiger charge is 2.17. The van der Waals surface area contributed by atoms with Gasteiger partial charge in [-0.15, -0.1) is 0 Å². The van der Waals surface area contributed by atoms with E-state index in [0.29, 0.717) is 6.54 Å². The molecular formula is C28H31N3O. The van der Waals surface area contributed by atoms with Crippen LogP contribution in [0, 0.1) is 11.3 Å². The van der Waals surface area contributed by atoms with E-state index in [1.807, 2.05) is 50.2 Å². The van der Waals surface area contributed by atoms with Crippen molar-refractivity contribution in [3.63, 3.8) is 0 Å². The van der Waals surface area contributed by atoms with Crippen LogP contribution >= 0.6 is 0 Å². The predicted molar refractivity (Wildman–Crippen MR) is 133 cm³/mol. The Bertz CT molecular complexity index is 1190. The summed E-state index contributed by atoms with van der Waals surface area (Å²) in [6.07, 6.45) is 7.85. The van der Waals surface area contributed by atoms with Crippen molar-refractivity contribution in [3.8, 4) is 17.4 Å². The van der Waals surface area contributed by atoms with Crippen LogP contribution in [-0.2, 0) is 0 Å². The molecule has 0 N–H and O–H groups in total. The Morgan fingerprint density at radius 2 is 1.59 bits per heavy atom. The fourth-order valence-corrected chi connectivity index (χ4v) is 4.39. The van der Waals surface area contributed by atoms with Gasteiger partial charge in [0.05, 0.1) is 18.2 Å². The van der Waals surface area contributed by atoms with Crippen molar-refractivity contribution in [2.75, 3.05) is 31.6 Å². The van der Waals surface area contributed by atoms with Crippen molar-refractivity contribution in [1.82, 2.24) is 4.90 Å². The molecule has 5 rings (SSSR count). The first-order valence-corrected chi connectivity index (χ1v) is 11.6. The summed E-state index contributed by atoms with van der Waals surface area (Å²) in [5, 5.41) is 11.9. The summed E-state index contributed by atoms with van der Waals surface area (Å²) in [5.41, 5.74) is 3.97. The van der Waals surface area contributed by atoms with Gasteiger partial charge in [-0.25, -0.2) is 0 Å². The number of nitriles is 1. The summed E-state index contributed by atoms with van der Waals surface area (Å²) in [5.74, 6) is 1.57. The lowest BCUT2D eigenvalue weighted by molar-refractivity contribution is 0.495. The van der Waals surface area contributed by atoms with Gasteiger partial charge in [-0.05, 0) is 72.6 Å². The maximum atomic E-state index is 9.49. The number of piperidine rings is 1. The van der Waals surface area contributed by atoms with Crippen molar-refractivity contribution in [2.45, 2.75) is 33.1 Å². The first-order chi connectivity index (χ1) is 15.7. The minimum Gasteiger partial charge on any atom is -0.456 e. The average Bonchev–Trinajstić information content (AvgIpc) is 3.35. The second kappa shape index (κ2) is 9.78. The molecule has 0 atom stereocenters. The molecule has 3 heterocycles. The van der Waals surface area contributed by atoms with Crippen molar-refractivity contribution in [3.05, 3.63) is 72.1 Å². The van der Waals surface area contributed by atoms with Gasteiger partial charge in [0.2, 0.25) is 0 Å². The number of rotatable bonds is 3. The van der Waals surface area contributed by atoms with Crippen LogP contribution in [0.25, 0.3) is 27.7 Å². The van der Waals surface area contributed by atoms with E-state index in [2.05, 4.69) is 47.4 Å². The Morgan fingerprint density at radius 3 is 2.38 bits per heavy atom. The molecule has 0 radical (unpaired) electrons. The smallest absolute Gasteiger partial charge is 0.135 e. The lowest BCUT2D eigenvalue weighted by atomic mass is 10.0. The molecule has 2 aromatic carbocycles.